The molecule has 0 bridgehead atoms. The molecule has 0 saturated heterocycles. The topological polar surface area (TPSA) is 12.0 Å². The average molecular weight is 314 g/mol. The number of nitrogens with one attached hydrogen (secondary N) is 1. The molecule has 1 saturated carbocycles. The zero-order chi connectivity index (χ0) is 14.8. The predicted octanol–water partition coefficient (Wildman–Crippen LogP) is 5.44. The molecule has 1 fully saturated rings. The molecule has 1 aromatic rings. The lowest BCUT2D eigenvalue weighted by atomic mass is 9.57. The van der Waals surface area contributed by atoms with Gasteiger partial charge in [-0.3, -0.25) is 0 Å². The molecule has 0 heterocycles. The van der Waals surface area contributed by atoms with Crippen molar-refractivity contribution in [1.82, 2.24) is 5.32 Å². The monoisotopic (exact) mass is 313 g/mol. The Labute approximate surface area is 133 Å². The fraction of sp³-hybridized carbons (Fsp3) is 0.647. The second kappa shape index (κ2) is 6.68. The first kappa shape index (κ1) is 16.1. The van der Waals surface area contributed by atoms with Crippen LogP contribution in [0.4, 0.5) is 0 Å². The van der Waals surface area contributed by atoms with Gasteiger partial charge in [0.25, 0.3) is 0 Å². The average Bonchev–Trinajstić information content (AvgIpc) is 2.33. The molecule has 0 radical (unpaired) electrons. The van der Waals surface area contributed by atoms with Crippen LogP contribution in [-0.4, -0.2) is 12.6 Å². The smallest absolute Gasteiger partial charge is 0.0459 e. The van der Waals surface area contributed by atoms with Gasteiger partial charge in [-0.05, 0) is 36.5 Å². The summed E-state index contributed by atoms with van der Waals surface area (Å²) in [5.74, 6) is 0.821. The molecule has 112 valence electrons. The van der Waals surface area contributed by atoms with Crippen LogP contribution in [0.1, 0.15) is 52.0 Å². The van der Waals surface area contributed by atoms with Crippen LogP contribution in [0.15, 0.2) is 18.2 Å². The van der Waals surface area contributed by atoms with Crippen molar-refractivity contribution in [2.24, 2.45) is 5.92 Å². The fourth-order valence-electron chi connectivity index (χ4n) is 3.50. The van der Waals surface area contributed by atoms with Crippen LogP contribution in [0.25, 0.3) is 0 Å². The normalized spacial score (nSPS) is 25.8. The van der Waals surface area contributed by atoms with Gasteiger partial charge in [0.15, 0.2) is 0 Å². The van der Waals surface area contributed by atoms with Gasteiger partial charge in [-0.15, -0.1) is 0 Å². The van der Waals surface area contributed by atoms with E-state index in [0.29, 0.717) is 6.04 Å². The maximum atomic E-state index is 6.45. The Morgan fingerprint density at radius 2 is 1.85 bits per heavy atom. The van der Waals surface area contributed by atoms with E-state index in [0.717, 1.165) is 28.1 Å². The summed E-state index contributed by atoms with van der Waals surface area (Å²) in [5.41, 5.74) is 1.28. The first-order valence-electron chi connectivity index (χ1n) is 7.66. The van der Waals surface area contributed by atoms with Crippen LogP contribution in [0.3, 0.4) is 0 Å². The van der Waals surface area contributed by atoms with Crippen molar-refractivity contribution < 1.29 is 0 Å². The van der Waals surface area contributed by atoms with Gasteiger partial charge in [0.1, 0.15) is 0 Å². The molecule has 1 aromatic carbocycles. The summed E-state index contributed by atoms with van der Waals surface area (Å²) in [5, 5.41) is 5.22. The second-order valence-corrected chi connectivity index (χ2v) is 7.29. The van der Waals surface area contributed by atoms with Gasteiger partial charge in [0.2, 0.25) is 0 Å². The Kier molecular flexibility index (Phi) is 5.39. The van der Waals surface area contributed by atoms with E-state index < -0.39 is 0 Å². The lowest BCUT2D eigenvalue weighted by Gasteiger charge is -2.49. The third kappa shape index (κ3) is 3.32. The Balaban J connectivity index is 2.24. The summed E-state index contributed by atoms with van der Waals surface area (Å²) in [6.07, 6.45) is 4.97. The molecular weight excluding hydrogens is 289 g/mol. The van der Waals surface area contributed by atoms with Gasteiger partial charge in [-0.25, -0.2) is 0 Å². The molecule has 20 heavy (non-hydrogen) atoms. The first-order chi connectivity index (χ1) is 9.48. The maximum Gasteiger partial charge on any atom is 0.0459 e. The third-order valence-electron chi connectivity index (χ3n) is 4.40. The first-order valence-corrected chi connectivity index (χ1v) is 8.42. The largest absolute Gasteiger partial charge is 0.314 e. The molecule has 3 heteroatoms. The lowest BCUT2D eigenvalue weighted by Crippen LogP contribution is -2.50. The zero-order valence-electron chi connectivity index (χ0n) is 12.7. The summed E-state index contributed by atoms with van der Waals surface area (Å²) < 4.78 is 0. The fourth-order valence-corrected chi connectivity index (χ4v) is 4.30. The van der Waals surface area contributed by atoms with Crippen molar-refractivity contribution in [3.8, 4) is 0 Å². The van der Waals surface area contributed by atoms with E-state index in [-0.39, 0.29) is 5.41 Å². The molecule has 1 nitrogen and oxygen atoms in total. The summed E-state index contributed by atoms with van der Waals surface area (Å²) in [6, 6.07) is 6.35. The highest BCUT2D eigenvalue weighted by Crippen LogP contribution is 2.53. The highest BCUT2D eigenvalue weighted by atomic mass is 35.5. The summed E-state index contributed by atoms with van der Waals surface area (Å²) in [4.78, 5) is 0. The summed E-state index contributed by atoms with van der Waals surface area (Å²) in [7, 11) is 0. The Bertz CT molecular complexity index is 430. The zero-order valence-corrected chi connectivity index (χ0v) is 14.2. The lowest BCUT2D eigenvalue weighted by molar-refractivity contribution is 0.126. The maximum absolute atomic E-state index is 6.45. The number of hydrogen-bond donors (Lipinski definition) is 1. The van der Waals surface area contributed by atoms with Crippen LogP contribution in [0.5, 0.6) is 0 Å². The molecule has 1 aliphatic rings. The number of hydrogen-bond acceptors (Lipinski definition) is 1. The van der Waals surface area contributed by atoms with Crippen molar-refractivity contribution >= 4 is 23.2 Å². The molecule has 2 rings (SSSR count). The van der Waals surface area contributed by atoms with E-state index in [9.17, 15) is 0 Å². The van der Waals surface area contributed by atoms with E-state index in [4.69, 9.17) is 23.2 Å². The van der Waals surface area contributed by atoms with E-state index in [1.165, 1.54) is 25.7 Å². The van der Waals surface area contributed by atoms with Crippen LogP contribution < -0.4 is 5.32 Å². The van der Waals surface area contributed by atoms with Crippen molar-refractivity contribution in [3.05, 3.63) is 33.8 Å². The highest BCUT2D eigenvalue weighted by Gasteiger charge is 2.46. The highest BCUT2D eigenvalue weighted by molar-refractivity contribution is 6.36. The molecule has 0 unspecified atom stereocenters. The Hall–Kier alpha value is -0.240. The Morgan fingerprint density at radius 3 is 2.35 bits per heavy atom. The van der Waals surface area contributed by atoms with Crippen LogP contribution in [0, 0.1) is 5.92 Å². The molecular formula is C17H25Cl2N. The minimum absolute atomic E-state index is 0.125. The molecule has 0 amide bonds. The second-order valence-electron chi connectivity index (χ2n) is 6.48. The number of halogens is 2. The van der Waals surface area contributed by atoms with Crippen LogP contribution in [-0.2, 0) is 5.41 Å². The van der Waals surface area contributed by atoms with Gasteiger partial charge >= 0.3 is 0 Å². The number of benzene rings is 1. The molecule has 0 spiro atoms. The molecule has 1 N–H and O–H groups in total. The van der Waals surface area contributed by atoms with Crippen LogP contribution in [0.2, 0.25) is 10.0 Å². The van der Waals surface area contributed by atoms with Gasteiger partial charge < -0.3 is 5.32 Å². The Morgan fingerprint density at radius 1 is 1.25 bits per heavy atom. The number of rotatable bonds is 6. The van der Waals surface area contributed by atoms with Crippen LogP contribution >= 0.6 is 23.2 Å². The van der Waals surface area contributed by atoms with E-state index in [1.54, 1.807) is 0 Å². The standard InChI is InChI=1S/C17H25Cl2N/c1-4-6-13-9-17(10-13,11-20-12(2)3)16-14(18)7-5-8-15(16)19/h5,7-8,12-13,20H,4,6,9-11H2,1-3H3. The summed E-state index contributed by atoms with van der Waals surface area (Å²) in [6.45, 7) is 7.59. The minimum atomic E-state index is 0.125. The van der Waals surface area contributed by atoms with Crippen molar-refractivity contribution in [3.63, 3.8) is 0 Å². The quantitative estimate of drug-likeness (QED) is 0.737. The van der Waals surface area contributed by atoms with Gasteiger partial charge in [0, 0.05) is 28.0 Å². The van der Waals surface area contributed by atoms with Crippen molar-refractivity contribution in [1.29, 1.82) is 0 Å². The van der Waals surface area contributed by atoms with Gasteiger partial charge in [-0.1, -0.05) is 62.9 Å². The van der Waals surface area contributed by atoms with Gasteiger partial charge in [-0.2, -0.15) is 0 Å². The molecule has 1 aliphatic carbocycles. The molecule has 0 aliphatic heterocycles. The summed E-state index contributed by atoms with van der Waals surface area (Å²) >= 11 is 12.9. The van der Waals surface area contributed by atoms with E-state index >= 15 is 0 Å². The minimum Gasteiger partial charge on any atom is -0.314 e. The predicted molar refractivity (Wildman–Crippen MR) is 88.9 cm³/mol. The van der Waals surface area contributed by atoms with Crippen molar-refractivity contribution in [2.45, 2.75) is 57.9 Å². The van der Waals surface area contributed by atoms with E-state index in [2.05, 4.69) is 26.1 Å². The van der Waals surface area contributed by atoms with Gasteiger partial charge in [0.05, 0.1) is 0 Å². The third-order valence-corrected chi connectivity index (χ3v) is 5.03. The SMILES string of the molecule is CCCC1CC(CNC(C)C)(c2c(Cl)cccc2Cl)C1. The molecule has 0 atom stereocenters. The van der Waals surface area contributed by atoms with Crippen molar-refractivity contribution in [2.75, 3.05) is 6.54 Å². The molecule has 0 aromatic heterocycles. The van der Waals surface area contributed by atoms with E-state index in [1.807, 2.05) is 18.2 Å².